The van der Waals surface area contributed by atoms with Crippen molar-refractivity contribution >= 4 is 18.1 Å². The molecule has 0 aliphatic heterocycles. The van der Waals surface area contributed by atoms with Gasteiger partial charge in [0.25, 0.3) is 0 Å². The number of H-pyrrole nitrogens is 1. The van der Waals surface area contributed by atoms with Crippen LogP contribution in [-0.2, 0) is 11.2 Å². The molecule has 0 fully saturated rings. The van der Waals surface area contributed by atoms with E-state index in [1.165, 1.54) is 0 Å². The maximum absolute atomic E-state index is 10.5. The van der Waals surface area contributed by atoms with Gasteiger partial charge in [0.1, 0.15) is 0 Å². The maximum Gasteiger partial charge on any atom is 0.303 e. The highest BCUT2D eigenvalue weighted by Crippen LogP contribution is 1.94. The quantitative estimate of drug-likeness (QED) is 0.836. The zero-order chi connectivity index (χ0) is 13.3. The van der Waals surface area contributed by atoms with Crippen molar-refractivity contribution < 1.29 is 9.90 Å². The molecule has 0 aliphatic rings. The van der Waals surface area contributed by atoms with E-state index in [1.54, 1.807) is 6.08 Å². The highest BCUT2D eigenvalue weighted by atomic mass is 16.4. The summed E-state index contributed by atoms with van der Waals surface area (Å²) in [7, 11) is 0. The van der Waals surface area contributed by atoms with Gasteiger partial charge in [-0.3, -0.25) is 4.79 Å². The SMILES string of the molecule is C=C/C=c1/c(CCC(=O)O)c[nH]/c1=C/C.CC. The summed E-state index contributed by atoms with van der Waals surface area (Å²) < 4.78 is 0. The number of hydrogen-bond acceptors (Lipinski definition) is 1. The molecule has 2 N–H and O–H groups in total. The average molecular weight is 235 g/mol. The second kappa shape index (κ2) is 8.39. The summed E-state index contributed by atoms with van der Waals surface area (Å²) in [4.78, 5) is 13.6. The Morgan fingerprint density at radius 2 is 2.18 bits per heavy atom. The highest BCUT2D eigenvalue weighted by Gasteiger charge is 2.02. The highest BCUT2D eigenvalue weighted by molar-refractivity contribution is 5.67. The van der Waals surface area contributed by atoms with Gasteiger partial charge in [0.05, 0.1) is 0 Å². The van der Waals surface area contributed by atoms with E-state index in [4.69, 9.17) is 5.11 Å². The number of carboxylic acid groups (broad SMARTS) is 1. The van der Waals surface area contributed by atoms with Gasteiger partial charge in [0.2, 0.25) is 0 Å². The molecule has 17 heavy (non-hydrogen) atoms. The molecule has 0 saturated carbocycles. The zero-order valence-corrected chi connectivity index (χ0v) is 10.8. The van der Waals surface area contributed by atoms with E-state index in [9.17, 15) is 4.79 Å². The van der Waals surface area contributed by atoms with Gasteiger partial charge >= 0.3 is 5.97 Å². The number of hydrogen-bond donors (Lipinski definition) is 2. The maximum atomic E-state index is 10.5. The first kappa shape index (κ1) is 15.2. The van der Waals surface area contributed by atoms with Crippen molar-refractivity contribution in [2.45, 2.75) is 33.6 Å². The second-order valence-corrected chi connectivity index (χ2v) is 3.23. The molecule has 3 heteroatoms. The molecule has 0 amide bonds. The van der Waals surface area contributed by atoms with Gasteiger partial charge in [-0.2, -0.15) is 0 Å². The van der Waals surface area contributed by atoms with Gasteiger partial charge in [0.15, 0.2) is 0 Å². The Balaban J connectivity index is 0.00000121. The van der Waals surface area contributed by atoms with Gasteiger partial charge in [-0.05, 0) is 18.9 Å². The third-order valence-corrected chi connectivity index (χ3v) is 2.22. The standard InChI is InChI=1S/C12H15NO2.C2H6/c1-3-5-10-9(6-7-12(14)15)8-13-11(10)4-2;1-2/h3-5,8,13H,1,6-7H2,2H3,(H,14,15);1-2H3/b10-5-,11-4+;. The first-order valence-corrected chi connectivity index (χ1v) is 5.86. The molecule has 0 radical (unpaired) electrons. The second-order valence-electron chi connectivity index (χ2n) is 3.23. The summed E-state index contributed by atoms with van der Waals surface area (Å²) >= 11 is 0. The molecular weight excluding hydrogens is 214 g/mol. The number of carboxylic acids is 1. The minimum absolute atomic E-state index is 0.152. The number of aromatic nitrogens is 1. The van der Waals surface area contributed by atoms with E-state index in [-0.39, 0.29) is 6.42 Å². The molecule has 0 aliphatic carbocycles. The van der Waals surface area contributed by atoms with E-state index >= 15 is 0 Å². The van der Waals surface area contributed by atoms with Crippen LogP contribution in [0.5, 0.6) is 0 Å². The summed E-state index contributed by atoms with van der Waals surface area (Å²) in [5.41, 5.74) is 1.02. The van der Waals surface area contributed by atoms with Crippen LogP contribution in [0.4, 0.5) is 0 Å². The van der Waals surface area contributed by atoms with Crippen molar-refractivity contribution in [2.24, 2.45) is 0 Å². The molecule has 0 aromatic carbocycles. The van der Waals surface area contributed by atoms with E-state index < -0.39 is 5.97 Å². The van der Waals surface area contributed by atoms with Crippen molar-refractivity contribution in [2.75, 3.05) is 0 Å². The number of aromatic amines is 1. The van der Waals surface area contributed by atoms with Gasteiger partial charge in [-0.25, -0.2) is 0 Å². The smallest absolute Gasteiger partial charge is 0.303 e. The fourth-order valence-electron chi connectivity index (χ4n) is 1.50. The fraction of sp³-hybridized carbons (Fsp3) is 0.357. The van der Waals surface area contributed by atoms with Crippen LogP contribution in [-0.4, -0.2) is 16.1 Å². The molecule has 0 atom stereocenters. The zero-order valence-electron chi connectivity index (χ0n) is 10.8. The van der Waals surface area contributed by atoms with Crippen molar-refractivity contribution in [3.05, 3.63) is 35.0 Å². The van der Waals surface area contributed by atoms with Gasteiger partial charge < -0.3 is 10.1 Å². The largest absolute Gasteiger partial charge is 0.481 e. The van der Waals surface area contributed by atoms with Crippen LogP contribution >= 0.6 is 0 Å². The summed E-state index contributed by atoms with van der Waals surface area (Å²) in [5.74, 6) is -0.775. The minimum Gasteiger partial charge on any atom is -0.481 e. The first-order chi connectivity index (χ1) is 8.19. The third-order valence-electron chi connectivity index (χ3n) is 2.22. The van der Waals surface area contributed by atoms with Crippen molar-refractivity contribution in [1.82, 2.24) is 4.98 Å². The van der Waals surface area contributed by atoms with Gasteiger partial charge in [-0.1, -0.05) is 38.7 Å². The Bertz CT molecular complexity index is 469. The number of aliphatic carboxylic acids is 1. The Hall–Kier alpha value is -1.77. The van der Waals surface area contributed by atoms with Crippen LogP contribution in [0.15, 0.2) is 18.9 Å². The topological polar surface area (TPSA) is 53.1 Å². The van der Waals surface area contributed by atoms with Crippen molar-refractivity contribution in [1.29, 1.82) is 0 Å². The number of aryl methyl sites for hydroxylation is 1. The average Bonchev–Trinajstić information content (AvgIpc) is 2.72. The lowest BCUT2D eigenvalue weighted by Crippen LogP contribution is -2.24. The van der Waals surface area contributed by atoms with Gasteiger partial charge in [0, 0.05) is 23.2 Å². The van der Waals surface area contributed by atoms with Crippen LogP contribution in [0.1, 0.15) is 32.8 Å². The first-order valence-electron chi connectivity index (χ1n) is 5.86. The van der Waals surface area contributed by atoms with Crippen LogP contribution in [0.3, 0.4) is 0 Å². The Labute approximate surface area is 102 Å². The van der Waals surface area contributed by atoms with Crippen LogP contribution in [0.2, 0.25) is 0 Å². The van der Waals surface area contributed by atoms with E-state index in [2.05, 4.69) is 11.6 Å². The van der Waals surface area contributed by atoms with Gasteiger partial charge in [-0.15, -0.1) is 0 Å². The van der Waals surface area contributed by atoms with E-state index in [0.29, 0.717) is 6.42 Å². The normalized spacial score (nSPS) is 11.9. The summed E-state index contributed by atoms with van der Waals surface area (Å²) in [6.45, 7) is 9.59. The number of rotatable bonds is 4. The minimum atomic E-state index is -0.775. The predicted octanol–water partition coefficient (Wildman–Crippen LogP) is 1.82. The molecule has 3 nitrogen and oxygen atoms in total. The van der Waals surface area contributed by atoms with Crippen LogP contribution in [0, 0.1) is 0 Å². The Morgan fingerprint density at radius 3 is 2.65 bits per heavy atom. The van der Waals surface area contributed by atoms with Crippen LogP contribution in [0.25, 0.3) is 12.2 Å². The van der Waals surface area contributed by atoms with E-state index in [0.717, 1.165) is 16.1 Å². The fourth-order valence-corrected chi connectivity index (χ4v) is 1.50. The van der Waals surface area contributed by atoms with Crippen molar-refractivity contribution in [3.8, 4) is 0 Å². The van der Waals surface area contributed by atoms with Crippen LogP contribution < -0.4 is 10.6 Å². The number of allylic oxidation sites excluding steroid dienone is 1. The lowest BCUT2D eigenvalue weighted by molar-refractivity contribution is -0.136. The molecule has 1 heterocycles. The Kier molecular flexibility index (Phi) is 7.52. The molecule has 1 aromatic rings. The monoisotopic (exact) mass is 235 g/mol. The summed E-state index contributed by atoms with van der Waals surface area (Å²) in [6, 6.07) is 0. The lowest BCUT2D eigenvalue weighted by atomic mass is 10.1. The third kappa shape index (κ3) is 4.72. The Morgan fingerprint density at radius 1 is 1.53 bits per heavy atom. The molecule has 1 rings (SSSR count). The number of carbonyl (C=O) groups is 1. The summed E-state index contributed by atoms with van der Waals surface area (Å²) in [5, 5.41) is 10.7. The molecule has 1 aromatic heterocycles. The summed E-state index contributed by atoms with van der Waals surface area (Å²) in [6.07, 6.45) is 8.11. The molecule has 0 spiro atoms. The molecule has 0 bridgehead atoms. The molecule has 0 unspecified atom stereocenters. The predicted molar refractivity (Wildman–Crippen MR) is 72.1 cm³/mol. The lowest BCUT2D eigenvalue weighted by Gasteiger charge is -1.92. The molecule has 0 saturated heterocycles. The number of nitrogens with one attached hydrogen (secondary N) is 1. The molecular formula is C14H21NO2. The molecule has 94 valence electrons. The van der Waals surface area contributed by atoms with E-state index in [1.807, 2.05) is 39.1 Å². The van der Waals surface area contributed by atoms with Crippen molar-refractivity contribution in [3.63, 3.8) is 0 Å².